The number of piperazine rings is 1. The quantitative estimate of drug-likeness (QED) is 0.508. The first-order valence-electron chi connectivity index (χ1n) is 11.9. The highest BCUT2D eigenvalue weighted by Gasteiger charge is 2.32. The van der Waals surface area contributed by atoms with Crippen LogP contribution in [0.2, 0.25) is 0 Å². The lowest BCUT2D eigenvalue weighted by Gasteiger charge is -2.37. The van der Waals surface area contributed by atoms with Crippen LogP contribution in [-0.2, 0) is 11.2 Å². The largest absolute Gasteiger partial charge is 0.338 e. The number of carbonyl (C=O) groups excluding carboxylic acids is 3. The first kappa shape index (κ1) is 25.5. The van der Waals surface area contributed by atoms with Gasteiger partial charge in [-0.05, 0) is 36.5 Å². The zero-order valence-corrected chi connectivity index (χ0v) is 19.9. The summed E-state index contributed by atoms with van der Waals surface area (Å²) in [6.07, 6.45) is 3.69. The predicted octanol–water partition coefficient (Wildman–Crippen LogP) is 3.44. The molecule has 8 heteroatoms. The number of nitrogens with one attached hydrogen (secondary N) is 3. The number of urea groups is 2. The van der Waals surface area contributed by atoms with E-state index in [4.69, 9.17) is 0 Å². The van der Waals surface area contributed by atoms with Gasteiger partial charge in [-0.15, -0.1) is 0 Å². The number of anilines is 1. The van der Waals surface area contributed by atoms with Crippen LogP contribution >= 0.6 is 0 Å². The third kappa shape index (κ3) is 7.43. The van der Waals surface area contributed by atoms with Gasteiger partial charge in [-0.2, -0.15) is 0 Å². The van der Waals surface area contributed by atoms with Gasteiger partial charge in [0.2, 0.25) is 5.91 Å². The van der Waals surface area contributed by atoms with E-state index in [1.807, 2.05) is 38.1 Å². The molecule has 1 aliphatic heterocycles. The lowest BCUT2D eigenvalue weighted by atomic mass is 9.97. The highest BCUT2D eigenvalue weighted by molar-refractivity contribution is 5.94. The van der Waals surface area contributed by atoms with E-state index in [2.05, 4.69) is 29.8 Å². The molecule has 0 aromatic heterocycles. The molecule has 0 spiro atoms. The molecule has 2 rings (SSSR count). The smallest absolute Gasteiger partial charge is 0.319 e. The molecular weight excluding hydrogens is 406 g/mol. The SMILES string of the molecule is CCCCNC(=O)N1CCN(C(=O)C(NC(=O)Nc2ccc(CC)cc2)C(C)CC)CC1. The second kappa shape index (κ2) is 12.9. The summed E-state index contributed by atoms with van der Waals surface area (Å²) in [5, 5.41) is 8.62. The Morgan fingerprint density at radius 3 is 2.16 bits per heavy atom. The van der Waals surface area contributed by atoms with Crippen molar-refractivity contribution >= 4 is 23.7 Å². The number of aryl methyl sites for hydroxylation is 1. The molecule has 8 nitrogen and oxygen atoms in total. The van der Waals surface area contributed by atoms with E-state index in [9.17, 15) is 14.4 Å². The Morgan fingerprint density at radius 2 is 1.59 bits per heavy atom. The number of benzene rings is 1. The van der Waals surface area contributed by atoms with Crippen LogP contribution in [0.4, 0.5) is 15.3 Å². The lowest BCUT2D eigenvalue weighted by molar-refractivity contribution is -0.135. The molecule has 0 aliphatic carbocycles. The monoisotopic (exact) mass is 445 g/mol. The molecule has 3 N–H and O–H groups in total. The topological polar surface area (TPSA) is 93.8 Å². The number of hydrogen-bond donors (Lipinski definition) is 3. The predicted molar refractivity (Wildman–Crippen MR) is 128 cm³/mol. The van der Waals surface area contributed by atoms with Gasteiger partial charge in [0, 0.05) is 38.4 Å². The van der Waals surface area contributed by atoms with Crippen molar-refractivity contribution in [3.63, 3.8) is 0 Å². The van der Waals surface area contributed by atoms with E-state index in [-0.39, 0.29) is 23.9 Å². The third-order valence-corrected chi connectivity index (χ3v) is 6.07. The van der Waals surface area contributed by atoms with Crippen LogP contribution in [0.15, 0.2) is 24.3 Å². The summed E-state index contributed by atoms with van der Waals surface area (Å²) in [6, 6.07) is 6.61. The van der Waals surface area contributed by atoms with Crippen molar-refractivity contribution < 1.29 is 14.4 Å². The number of rotatable bonds is 9. The van der Waals surface area contributed by atoms with Crippen molar-refractivity contribution in [3.05, 3.63) is 29.8 Å². The molecule has 32 heavy (non-hydrogen) atoms. The van der Waals surface area contributed by atoms with Crippen LogP contribution in [0.25, 0.3) is 0 Å². The molecule has 1 aliphatic rings. The Balaban J connectivity index is 1.92. The first-order chi connectivity index (χ1) is 15.4. The molecule has 178 valence electrons. The van der Waals surface area contributed by atoms with Gasteiger partial charge in [0.1, 0.15) is 6.04 Å². The summed E-state index contributed by atoms with van der Waals surface area (Å²) < 4.78 is 0. The highest BCUT2D eigenvalue weighted by atomic mass is 16.2. The summed E-state index contributed by atoms with van der Waals surface area (Å²) in [4.78, 5) is 41.6. The van der Waals surface area contributed by atoms with Gasteiger partial charge >= 0.3 is 12.1 Å². The van der Waals surface area contributed by atoms with Crippen LogP contribution < -0.4 is 16.0 Å². The highest BCUT2D eigenvalue weighted by Crippen LogP contribution is 2.15. The van der Waals surface area contributed by atoms with Crippen LogP contribution in [0.3, 0.4) is 0 Å². The van der Waals surface area contributed by atoms with Crippen molar-refractivity contribution in [2.75, 3.05) is 38.0 Å². The van der Waals surface area contributed by atoms with Gasteiger partial charge in [-0.1, -0.05) is 52.7 Å². The number of nitrogens with zero attached hydrogens (tertiary/aromatic N) is 2. The van der Waals surface area contributed by atoms with Crippen LogP contribution in [0.5, 0.6) is 0 Å². The minimum absolute atomic E-state index is 0.00825. The van der Waals surface area contributed by atoms with Gasteiger partial charge in [0.25, 0.3) is 0 Å². The van der Waals surface area contributed by atoms with E-state index >= 15 is 0 Å². The van der Waals surface area contributed by atoms with Crippen molar-refractivity contribution in [1.29, 1.82) is 0 Å². The molecule has 1 aromatic carbocycles. The molecule has 5 amide bonds. The Labute approximate surface area is 192 Å². The van der Waals surface area contributed by atoms with Crippen LogP contribution in [-0.4, -0.2) is 66.5 Å². The minimum Gasteiger partial charge on any atom is -0.338 e. The second-order valence-corrected chi connectivity index (χ2v) is 8.41. The molecular formula is C24H39N5O3. The number of carbonyl (C=O) groups is 3. The fourth-order valence-electron chi connectivity index (χ4n) is 3.63. The normalized spacial score (nSPS) is 15.6. The molecule has 2 atom stereocenters. The summed E-state index contributed by atoms with van der Waals surface area (Å²) in [5.41, 5.74) is 1.89. The number of hydrogen-bond acceptors (Lipinski definition) is 3. The molecule has 1 fully saturated rings. The Bertz CT molecular complexity index is 745. The fourth-order valence-corrected chi connectivity index (χ4v) is 3.63. The van der Waals surface area contributed by atoms with E-state index in [1.165, 1.54) is 5.56 Å². The number of amides is 5. The Hall–Kier alpha value is -2.77. The number of unbranched alkanes of at least 4 members (excludes halogenated alkanes) is 1. The maximum absolute atomic E-state index is 13.2. The molecule has 1 heterocycles. The van der Waals surface area contributed by atoms with E-state index in [0.717, 1.165) is 25.7 Å². The maximum atomic E-state index is 13.2. The zero-order valence-electron chi connectivity index (χ0n) is 19.9. The summed E-state index contributed by atoms with van der Waals surface area (Å²) in [6.45, 7) is 10.7. The average molecular weight is 446 g/mol. The molecule has 0 bridgehead atoms. The third-order valence-electron chi connectivity index (χ3n) is 6.07. The molecule has 1 saturated heterocycles. The van der Waals surface area contributed by atoms with Crippen molar-refractivity contribution in [1.82, 2.24) is 20.4 Å². The van der Waals surface area contributed by atoms with Gasteiger partial charge in [-0.25, -0.2) is 9.59 Å². The lowest BCUT2D eigenvalue weighted by Crippen LogP contribution is -2.58. The van der Waals surface area contributed by atoms with Crippen molar-refractivity contribution in [2.24, 2.45) is 5.92 Å². The van der Waals surface area contributed by atoms with Gasteiger partial charge < -0.3 is 25.8 Å². The Morgan fingerprint density at radius 1 is 0.969 bits per heavy atom. The van der Waals surface area contributed by atoms with Crippen LogP contribution in [0, 0.1) is 5.92 Å². The fraction of sp³-hybridized carbons (Fsp3) is 0.625. The summed E-state index contributed by atoms with van der Waals surface area (Å²) in [5.74, 6) is -0.104. The maximum Gasteiger partial charge on any atom is 0.319 e. The van der Waals surface area contributed by atoms with E-state index in [1.54, 1.807) is 9.80 Å². The molecule has 2 unspecified atom stereocenters. The van der Waals surface area contributed by atoms with Crippen LogP contribution in [0.1, 0.15) is 52.5 Å². The standard InChI is InChI=1S/C24H39N5O3/c1-5-8-13-25-24(32)29-16-14-28(15-17-29)22(30)21(18(4)6-2)27-23(31)26-20-11-9-19(7-3)10-12-20/h9-12,18,21H,5-8,13-17H2,1-4H3,(H,25,32)(H2,26,27,31). The minimum atomic E-state index is -0.611. The van der Waals surface area contributed by atoms with E-state index in [0.29, 0.717) is 38.4 Å². The average Bonchev–Trinajstić information content (AvgIpc) is 2.82. The van der Waals surface area contributed by atoms with Gasteiger partial charge in [-0.3, -0.25) is 4.79 Å². The van der Waals surface area contributed by atoms with Crippen molar-refractivity contribution in [2.45, 2.75) is 59.4 Å². The zero-order chi connectivity index (χ0) is 23.5. The van der Waals surface area contributed by atoms with Gasteiger partial charge in [0.15, 0.2) is 0 Å². The van der Waals surface area contributed by atoms with Crippen molar-refractivity contribution in [3.8, 4) is 0 Å². The summed E-state index contributed by atoms with van der Waals surface area (Å²) in [7, 11) is 0. The first-order valence-corrected chi connectivity index (χ1v) is 11.9. The van der Waals surface area contributed by atoms with E-state index < -0.39 is 6.04 Å². The summed E-state index contributed by atoms with van der Waals surface area (Å²) >= 11 is 0. The Kier molecular flexibility index (Phi) is 10.3. The molecule has 0 radical (unpaired) electrons. The second-order valence-electron chi connectivity index (χ2n) is 8.41. The molecule has 1 aromatic rings. The molecule has 0 saturated carbocycles. The van der Waals surface area contributed by atoms with Gasteiger partial charge in [0.05, 0.1) is 0 Å².